The van der Waals surface area contributed by atoms with E-state index in [9.17, 15) is 14.5 Å². The molecule has 2 saturated heterocycles. The van der Waals surface area contributed by atoms with Crippen molar-refractivity contribution >= 4 is 50.2 Å². The highest BCUT2D eigenvalue weighted by Crippen LogP contribution is 2.62. The lowest BCUT2D eigenvalue weighted by atomic mass is 10.1. The number of fused-ring (bicyclic) bond motifs is 2. The number of carbonyl (C=O) groups excluding carboxylic acids is 1. The van der Waals surface area contributed by atoms with Crippen LogP contribution in [0.2, 0.25) is 31.0 Å². The highest BCUT2D eigenvalue weighted by molar-refractivity contribution is 7.55. The summed E-state index contributed by atoms with van der Waals surface area (Å²) in [4.78, 5) is 25.7. The van der Waals surface area contributed by atoms with Gasteiger partial charge in [0.1, 0.15) is 23.9 Å². The van der Waals surface area contributed by atoms with Crippen molar-refractivity contribution in [2.24, 2.45) is 0 Å². The molecule has 2 aliphatic heterocycles. The van der Waals surface area contributed by atoms with Crippen LogP contribution in [0, 0.1) is 0 Å². The summed E-state index contributed by atoms with van der Waals surface area (Å²) >= 11 is 6.60. The molecule has 1 amide bonds. The van der Waals surface area contributed by atoms with Crippen LogP contribution in [0.1, 0.15) is 86.2 Å². The van der Waals surface area contributed by atoms with Crippen molar-refractivity contribution in [1.82, 2.24) is 40.0 Å². The molecule has 0 spiro atoms. The molecule has 20 nitrogen and oxygen atoms in total. The molecule has 0 bridgehead atoms. The average Bonchev–Trinajstić information content (AvgIpc) is 3.99. The summed E-state index contributed by atoms with van der Waals surface area (Å²) in [5.74, 6) is -0.656. The molecule has 3 aromatic rings. The van der Waals surface area contributed by atoms with Crippen LogP contribution in [0.3, 0.4) is 0 Å². The van der Waals surface area contributed by atoms with Crippen LogP contribution < -0.4 is 4.90 Å². The quantitative estimate of drug-likeness (QED) is 0.0622. The van der Waals surface area contributed by atoms with E-state index in [1.54, 1.807) is 38.8 Å². The Morgan fingerprint density at radius 2 is 1.78 bits per heavy atom. The Balaban J connectivity index is 1.30. The number of carbonyl (C=O) groups is 1. The largest absolute Gasteiger partial charge is 0.443 e. The summed E-state index contributed by atoms with van der Waals surface area (Å²) in [6, 6.07) is 0.800. The van der Waals surface area contributed by atoms with Crippen molar-refractivity contribution in [3.8, 4) is 0 Å². The van der Waals surface area contributed by atoms with Gasteiger partial charge < -0.3 is 42.6 Å². The van der Waals surface area contributed by atoms with E-state index in [2.05, 4.69) is 45.0 Å². The van der Waals surface area contributed by atoms with Crippen LogP contribution in [-0.2, 0) is 55.2 Å². The fourth-order valence-electron chi connectivity index (χ4n) is 7.57. The molecule has 1 saturated carbocycles. The van der Waals surface area contributed by atoms with Gasteiger partial charge in [-0.3, -0.25) is 9.46 Å². The number of anilines is 1. The second-order valence-corrected chi connectivity index (χ2v) is 26.2. The number of hydrogen-bond acceptors (Lipinski definition) is 17. The SMILES string of the molecule is CCOP(=O)(OCC)C(CO)(Cc1nnn(COCC[Si](C)(C)C)n1)OC[C@H]1O[C@@H](n2ncc3c(N(C(=O)OC(C)(C)C)C4CCCC4)nc(Cl)nc32)[C@@H]2OC(C)(C)O[C@@H]21. The highest BCUT2D eigenvalue weighted by Gasteiger charge is 2.59. The molecule has 0 radical (unpaired) electrons. The number of hydrogen-bond donors (Lipinski definition) is 1. The van der Waals surface area contributed by atoms with E-state index in [0.717, 1.165) is 31.7 Å². The van der Waals surface area contributed by atoms with Gasteiger partial charge in [-0.15, -0.1) is 15.0 Å². The van der Waals surface area contributed by atoms with Gasteiger partial charge in [0.05, 0.1) is 44.4 Å². The van der Waals surface area contributed by atoms with Crippen molar-refractivity contribution < 1.29 is 51.9 Å². The minimum Gasteiger partial charge on any atom is -0.443 e. The Labute approximate surface area is 356 Å². The summed E-state index contributed by atoms with van der Waals surface area (Å²) < 4.78 is 65.3. The summed E-state index contributed by atoms with van der Waals surface area (Å²) in [5.41, 5.74) is -0.468. The van der Waals surface area contributed by atoms with Crippen LogP contribution in [0.15, 0.2) is 6.20 Å². The second-order valence-electron chi connectivity index (χ2n) is 17.9. The average molecular weight is 902 g/mol. The van der Waals surface area contributed by atoms with Crippen molar-refractivity contribution in [3.05, 3.63) is 17.3 Å². The standard InChI is InChI=1S/C37H61ClN9O11PSi/c1-11-53-59(50,54-12-2)37(22-48,19-27-42-44-45(43-27)23-51-17-18-60(8,9)10)52-21-26-28-29(57-36(6,7)56-28)32(55-26)47-31-25(20-39-47)30(40-33(38)41-31)46(24-15-13-14-16-24)34(49)58-35(3,4)5/h20,24,26,28-29,32,48H,11-19,21-23H2,1-10H3/t26-,28-,29-,32-,37?/m1/s1. The van der Waals surface area contributed by atoms with E-state index in [4.69, 9.17) is 54.2 Å². The topological polar surface area (TPSA) is 219 Å². The van der Waals surface area contributed by atoms with Crippen LogP contribution >= 0.6 is 19.2 Å². The molecule has 336 valence electrons. The number of tetrazole rings is 1. The molecular formula is C37H61ClN9O11PSi. The van der Waals surface area contributed by atoms with E-state index < -0.39 is 69.6 Å². The minimum atomic E-state index is -4.25. The first-order valence-electron chi connectivity index (χ1n) is 20.6. The Morgan fingerprint density at radius 3 is 2.42 bits per heavy atom. The number of aliphatic hydroxyl groups excluding tert-OH is 1. The third-order valence-electron chi connectivity index (χ3n) is 10.3. The number of aliphatic hydroxyl groups is 1. The van der Waals surface area contributed by atoms with Crippen LogP contribution in [0.5, 0.6) is 0 Å². The van der Waals surface area contributed by atoms with Gasteiger partial charge in [-0.2, -0.15) is 15.1 Å². The molecular weight excluding hydrogens is 841 g/mol. The normalized spacial score (nSPS) is 23.3. The summed E-state index contributed by atoms with van der Waals surface area (Å²) in [7, 11) is -5.57. The molecule has 6 rings (SSSR count). The summed E-state index contributed by atoms with van der Waals surface area (Å²) in [6.07, 6.45) is 0.859. The number of amides is 1. The Kier molecular flexibility index (Phi) is 14.5. The molecule has 5 heterocycles. The van der Waals surface area contributed by atoms with E-state index in [0.29, 0.717) is 12.0 Å². The molecule has 1 unspecified atom stereocenters. The molecule has 5 atom stereocenters. The van der Waals surface area contributed by atoms with E-state index in [1.165, 1.54) is 9.48 Å². The smallest absolute Gasteiger partial charge is 0.416 e. The molecule has 3 aliphatic rings. The lowest BCUT2D eigenvalue weighted by Gasteiger charge is -2.37. The van der Waals surface area contributed by atoms with Gasteiger partial charge in [-0.05, 0) is 84.2 Å². The Morgan fingerprint density at radius 1 is 1.10 bits per heavy atom. The molecule has 1 N–H and O–H groups in total. The van der Waals surface area contributed by atoms with E-state index >= 15 is 0 Å². The Hall–Kier alpha value is -2.69. The zero-order valence-corrected chi connectivity index (χ0v) is 39.0. The van der Waals surface area contributed by atoms with Crippen molar-refractivity contribution in [2.75, 3.05) is 37.9 Å². The maximum Gasteiger partial charge on any atom is 0.416 e. The van der Waals surface area contributed by atoms with Gasteiger partial charge in [-0.25, -0.2) is 9.48 Å². The predicted molar refractivity (Wildman–Crippen MR) is 221 cm³/mol. The fourth-order valence-corrected chi connectivity index (χ4v) is 10.4. The lowest BCUT2D eigenvalue weighted by Crippen LogP contribution is -2.44. The molecule has 23 heteroatoms. The summed E-state index contributed by atoms with van der Waals surface area (Å²) in [6.45, 7) is 18.6. The summed E-state index contributed by atoms with van der Waals surface area (Å²) in [5, 5.41) is 26.8. The fraction of sp³-hybridized carbons (Fsp3) is 0.811. The second kappa shape index (κ2) is 18.6. The van der Waals surface area contributed by atoms with E-state index in [-0.39, 0.29) is 61.6 Å². The maximum absolute atomic E-state index is 14.6. The zero-order valence-electron chi connectivity index (χ0n) is 36.3. The van der Waals surface area contributed by atoms with Gasteiger partial charge in [0.15, 0.2) is 41.4 Å². The molecule has 60 heavy (non-hydrogen) atoms. The highest BCUT2D eigenvalue weighted by atomic mass is 35.5. The molecule has 3 aromatic heterocycles. The lowest BCUT2D eigenvalue weighted by molar-refractivity contribution is -0.207. The van der Waals surface area contributed by atoms with Gasteiger partial charge in [0, 0.05) is 20.7 Å². The van der Waals surface area contributed by atoms with Crippen LogP contribution in [0.4, 0.5) is 10.6 Å². The van der Waals surface area contributed by atoms with Crippen molar-refractivity contribution in [2.45, 2.75) is 160 Å². The first-order valence-corrected chi connectivity index (χ1v) is 26.3. The number of aromatic nitrogens is 8. The number of nitrogens with zero attached hydrogens (tertiary/aromatic N) is 9. The minimum absolute atomic E-state index is 0.00381. The number of halogens is 1. The monoisotopic (exact) mass is 901 g/mol. The third kappa shape index (κ3) is 10.6. The first kappa shape index (κ1) is 46.8. The first-order chi connectivity index (χ1) is 28.2. The molecule has 1 aliphatic carbocycles. The zero-order chi connectivity index (χ0) is 43.7. The molecule has 3 fully saturated rings. The predicted octanol–water partition coefficient (Wildman–Crippen LogP) is 6.09. The van der Waals surface area contributed by atoms with Gasteiger partial charge in [-0.1, -0.05) is 32.5 Å². The molecule has 0 aromatic carbocycles. The third-order valence-corrected chi connectivity index (χ3v) is 14.8. The number of ether oxygens (including phenoxy) is 6. The number of rotatable bonds is 19. The van der Waals surface area contributed by atoms with Crippen LogP contribution in [-0.4, -0.2) is 133 Å². The Bertz CT molecular complexity index is 1980. The van der Waals surface area contributed by atoms with Crippen LogP contribution in [0.25, 0.3) is 11.0 Å². The van der Waals surface area contributed by atoms with Crippen molar-refractivity contribution in [3.63, 3.8) is 0 Å². The van der Waals surface area contributed by atoms with Gasteiger partial charge in [0.25, 0.3) is 0 Å². The van der Waals surface area contributed by atoms with Gasteiger partial charge >= 0.3 is 13.7 Å². The van der Waals surface area contributed by atoms with Gasteiger partial charge in [0.2, 0.25) is 5.28 Å². The van der Waals surface area contributed by atoms with E-state index in [1.807, 2.05) is 20.8 Å². The van der Waals surface area contributed by atoms with Crippen molar-refractivity contribution in [1.29, 1.82) is 0 Å². The maximum atomic E-state index is 14.6.